The van der Waals surface area contributed by atoms with E-state index in [-0.39, 0.29) is 18.0 Å². The molecule has 1 saturated carbocycles. The fraction of sp³-hybridized carbons (Fsp3) is 0.562. The van der Waals surface area contributed by atoms with Crippen LogP contribution in [0.2, 0.25) is 0 Å². The summed E-state index contributed by atoms with van der Waals surface area (Å²) in [6.45, 7) is 2.09. The molecule has 0 heterocycles. The first-order valence-corrected chi connectivity index (χ1v) is 8.43. The highest BCUT2D eigenvalue weighted by Crippen LogP contribution is 2.32. The topological polar surface area (TPSA) is 68.3 Å². The van der Waals surface area contributed by atoms with E-state index in [4.69, 9.17) is 20.6 Å². The fourth-order valence-corrected chi connectivity index (χ4v) is 3.59. The van der Waals surface area contributed by atoms with Gasteiger partial charge in [-0.3, -0.25) is 5.41 Å². The van der Waals surface area contributed by atoms with Crippen molar-refractivity contribution in [2.75, 3.05) is 12.9 Å². The lowest BCUT2D eigenvalue weighted by atomic mass is 9.95. The second-order valence-corrected chi connectivity index (χ2v) is 6.55. The second-order valence-electron chi connectivity index (χ2n) is 5.24. The van der Waals surface area contributed by atoms with Crippen molar-refractivity contribution in [2.45, 2.75) is 49.7 Å². The van der Waals surface area contributed by atoms with Crippen LogP contribution >= 0.6 is 11.8 Å². The maximum atomic E-state index is 7.85. The Morgan fingerprint density at radius 3 is 2.81 bits per heavy atom. The zero-order chi connectivity index (χ0) is 15.2. The van der Waals surface area contributed by atoms with E-state index in [1.165, 1.54) is 0 Å². The number of methoxy groups -OCH3 is 1. The van der Waals surface area contributed by atoms with E-state index in [1.54, 1.807) is 18.9 Å². The monoisotopic (exact) mass is 308 g/mol. The van der Waals surface area contributed by atoms with Gasteiger partial charge in [0.2, 0.25) is 0 Å². The van der Waals surface area contributed by atoms with Crippen molar-refractivity contribution in [3.05, 3.63) is 23.8 Å². The summed E-state index contributed by atoms with van der Waals surface area (Å²) in [5, 5.41) is 7.85. The van der Waals surface area contributed by atoms with Gasteiger partial charge in [0, 0.05) is 18.4 Å². The highest BCUT2D eigenvalue weighted by atomic mass is 32.2. The maximum Gasteiger partial charge on any atom is 0.131 e. The molecular formula is C16H24N2O2S. The number of hydrogen-bond donors (Lipinski definition) is 2. The molecule has 0 bridgehead atoms. The summed E-state index contributed by atoms with van der Waals surface area (Å²) in [5.74, 6) is 1.74. The summed E-state index contributed by atoms with van der Waals surface area (Å²) in [6.07, 6.45) is 4.56. The van der Waals surface area contributed by atoms with Crippen molar-refractivity contribution in [1.82, 2.24) is 0 Å². The molecule has 0 saturated heterocycles. The zero-order valence-electron chi connectivity index (χ0n) is 12.7. The molecule has 0 aromatic heterocycles. The molecular weight excluding hydrogens is 284 g/mol. The summed E-state index contributed by atoms with van der Waals surface area (Å²) < 4.78 is 11.6. The molecule has 2 atom stereocenters. The molecule has 116 valence electrons. The third-order valence-corrected chi connectivity index (χ3v) is 4.70. The molecule has 3 N–H and O–H groups in total. The third-order valence-electron chi connectivity index (χ3n) is 3.76. The van der Waals surface area contributed by atoms with Gasteiger partial charge in [-0.1, -0.05) is 13.0 Å². The van der Waals surface area contributed by atoms with E-state index in [1.807, 2.05) is 18.2 Å². The van der Waals surface area contributed by atoms with E-state index < -0.39 is 0 Å². The Kier molecular flexibility index (Phi) is 5.94. The van der Waals surface area contributed by atoms with E-state index in [0.717, 1.165) is 47.6 Å². The molecule has 2 unspecified atom stereocenters. The van der Waals surface area contributed by atoms with Crippen LogP contribution in [0, 0.1) is 5.41 Å². The molecule has 1 aliphatic rings. The normalized spacial score (nSPS) is 22.0. The Morgan fingerprint density at radius 2 is 2.14 bits per heavy atom. The van der Waals surface area contributed by atoms with Crippen LogP contribution < -0.4 is 10.5 Å². The predicted octanol–water partition coefficient (Wildman–Crippen LogP) is 3.42. The maximum absolute atomic E-state index is 7.85. The van der Waals surface area contributed by atoms with E-state index in [2.05, 4.69) is 6.92 Å². The van der Waals surface area contributed by atoms with Gasteiger partial charge < -0.3 is 15.2 Å². The Hall–Kier alpha value is -1.20. The first-order chi connectivity index (χ1) is 10.2. The van der Waals surface area contributed by atoms with Gasteiger partial charge in [-0.25, -0.2) is 0 Å². The van der Waals surface area contributed by atoms with Gasteiger partial charge in [0.15, 0.2) is 0 Å². The number of hydrogen-bond acceptors (Lipinski definition) is 4. The van der Waals surface area contributed by atoms with Gasteiger partial charge in [-0.05, 0) is 37.1 Å². The second kappa shape index (κ2) is 7.71. The molecule has 1 fully saturated rings. The molecule has 4 nitrogen and oxygen atoms in total. The zero-order valence-corrected chi connectivity index (χ0v) is 13.5. The third kappa shape index (κ3) is 4.14. The minimum atomic E-state index is 0.0700. The van der Waals surface area contributed by atoms with Crippen molar-refractivity contribution < 1.29 is 9.47 Å². The van der Waals surface area contributed by atoms with Crippen molar-refractivity contribution in [3.8, 4) is 5.75 Å². The van der Waals surface area contributed by atoms with Crippen molar-refractivity contribution in [1.29, 1.82) is 5.41 Å². The van der Waals surface area contributed by atoms with Gasteiger partial charge in [-0.2, -0.15) is 0 Å². The van der Waals surface area contributed by atoms with Crippen LogP contribution in [0.4, 0.5) is 0 Å². The number of ether oxygens (including phenoxy) is 2. The molecule has 0 spiro atoms. The average molecular weight is 308 g/mol. The Bertz CT molecular complexity index is 493. The van der Waals surface area contributed by atoms with Gasteiger partial charge in [0.25, 0.3) is 0 Å². The van der Waals surface area contributed by atoms with Gasteiger partial charge >= 0.3 is 0 Å². The van der Waals surface area contributed by atoms with Crippen LogP contribution in [0.1, 0.15) is 38.2 Å². The van der Waals surface area contributed by atoms with Crippen LogP contribution in [0.5, 0.6) is 5.75 Å². The smallest absolute Gasteiger partial charge is 0.131 e. The molecule has 1 aromatic carbocycles. The van der Waals surface area contributed by atoms with E-state index in [9.17, 15) is 0 Å². The summed E-state index contributed by atoms with van der Waals surface area (Å²) in [4.78, 5) is 1.02. The molecule has 0 aliphatic heterocycles. The summed E-state index contributed by atoms with van der Waals surface area (Å²) in [7, 11) is 1.76. The van der Waals surface area contributed by atoms with Crippen LogP contribution in [-0.4, -0.2) is 30.9 Å². The molecule has 1 aliphatic carbocycles. The molecule has 2 rings (SSSR count). The first kappa shape index (κ1) is 16.2. The highest BCUT2D eigenvalue weighted by molar-refractivity contribution is 7.99. The number of nitrogen functional groups attached to an aromatic ring is 1. The molecule has 0 radical (unpaired) electrons. The Balaban J connectivity index is 2.19. The quantitative estimate of drug-likeness (QED) is 0.480. The van der Waals surface area contributed by atoms with E-state index in [0.29, 0.717) is 0 Å². The van der Waals surface area contributed by atoms with Gasteiger partial charge in [0.05, 0.1) is 11.7 Å². The minimum Gasteiger partial charge on any atom is -0.490 e. The SMILES string of the molecule is CCSc1cccc(OC2CCCC(OC)C2)c1C(=N)N. The van der Waals surface area contributed by atoms with Crippen LogP contribution in [0.15, 0.2) is 23.1 Å². The number of amidine groups is 1. The standard InChI is InChI=1S/C16H24N2O2S/c1-3-21-14-9-5-8-13(15(14)16(17)18)20-12-7-4-6-11(10-12)19-2/h5,8-9,11-12H,3-4,6-7,10H2,1-2H3,(H3,17,18). The van der Waals surface area contributed by atoms with Crippen LogP contribution in [-0.2, 0) is 4.74 Å². The van der Waals surface area contributed by atoms with Gasteiger partial charge in [0.1, 0.15) is 17.7 Å². The minimum absolute atomic E-state index is 0.0700. The lowest BCUT2D eigenvalue weighted by Gasteiger charge is -2.29. The molecule has 5 heteroatoms. The Morgan fingerprint density at radius 1 is 1.38 bits per heavy atom. The summed E-state index contributed by atoms with van der Waals surface area (Å²) >= 11 is 1.69. The molecule has 1 aromatic rings. The fourth-order valence-electron chi connectivity index (χ4n) is 2.75. The predicted molar refractivity (Wildman–Crippen MR) is 87.5 cm³/mol. The summed E-state index contributed by atoms with van der Waals surface area (Å²) in [5.41, 5.74) is 6.50. The average Bonchev–Trinajstić information content (AvgIpc) is 2.47. The number of benzene rings is 1. The van der Waals surface area contributed by atoms with Crippen molar-refractivity contribution in [3.63, 3.8) is 0 Å². The first-order valence-electron chi connectivity index (χ1n) is 7.45. The van der Waals surface area contributed by atoms with Crippen LogP contribution in [0.25, 0.3) is 0 Å². The Labute approximate surface area is 130 Å². The van der Waals surface area contributed by atoms with Crippen molar-refractivity contribution >= 4 is 17.6 Å². The lowest BCUT2D eigenvalue weighted by Crippen LogP contribution is -2.30. The number of nitrogens with one attached hydrogen (secondary N) is 1. The van der Waals surface area contributed by atoms with Crippen LogP contribution in [0.3, 0.4) is 0 Å². The molecule has 0 amide bonds. The summed E-state index contributed by atoms with van der Waals surface area (Å²) in [6, 6.07) is 5.87. The number of nitrogens with two attached hydrogens (primary N) is 1. The highest BCUT2D eigenvalue weighted by Gasteiger charge is 2.24. The lowest BCUT2D eigenvalue weighted by molar-refractivity contribution is 0.0208. The molecule has 21 heavy (non-hydrogen) atoms. The number of rotatable bonds is 6. The van der Waals surface area contributed by atoms with Gasteiger partial charge in [-0.15, -0.1) is 11.8 Å². The van der Waals surface area contributed by atoms with Crippen molar-refractivity contribution in [2.24, 2.45) is 5.73 Å². The van der Waals surface area contributed by atoms with E-state index >= 15 is 0 Å². The largest absolute Gasteiger partial charge is 0.490 e. The number of thioether (sulfide) groups is 1.